The van der Waals surface area contributed by atoms with E-state index in [4.69, 9.17) is 0 Å². The van der Waals surface area contributed by atoms with Crippen LogP contribution in [0.3, 0.4) is 0 Å². The zero-order valence-electron chi connectivity index (χ0n) is 11.0. The van der Waals surface area contributed by atoms with Crippen molar-refractivity contribution in [1.29, 1.82) is 0 Å². The summed E-state index contributed by atoms with van der Waals surface area (Å²) in [5.41, 5.74) is 1.33. The molecule has 6 heteroatoms. The number of benzene rings is 1. The van der Waals surface area contributed by atoms with Gasteiger partial charge in [-0.3, -0.25) is 9.36 Å². The minimum Gasteiger partial charge on any atom is -0.549 e. The van der Waals surface area contributed by atoms with Crippen molar-refractivity contribution in [3.63, 3.8) is 0 Å². The van der Waals surface area contributed by atoms with Crippen LogP contribution in [0, 0.1) is 6.92 Å². The van der Waals surface area contributed by atoms with Crippen molar-refractivity contribution < 1.29 is 9.90 Å². The highest BCUT2D eigenvalue weighted by atomic mass is 32.2. The van der Waals surface area contributed by atoms with Gasteiger partial charge < -0.3 is 9.90 Å². The fourth-order valence-electron chi connectivity index (χ4n) is 1.84. The fraction of sp³-hybridized carbons (Fsp3) is 0.214. The molecule has 0 spiro atoms. The molecule has 0 aliphatic carbocycles. The standard InChI is InChI=1S/C14H14N2O3S/c1-3-6-16-13(19)10-7-9(2)4-5-11(10)15-14(16)20-8-12(17)18/h3-5,7H,1,6,8H2,2H3,(H,17,18)/p-1. The summed E-state index contributed by atoms with van der Waals surface area (Å²) in [6.07, 6.45) is 1.58. The number of aromatic nitrogens is 2. The average molecular weight is 289 g/mol. The van der Waals surface area contributed by atoms with Crippen LogP contribution in [0.2, 0.25) is 0 Å². The van der Waals surface area contributed by atoms with Crippen LogP contribution in [0.25, 0.3) is 10.9 Å². The number of carbonyl (C=O) groups excluding carboxylic acids is 1. The number of carboxylic acid groups (broad SMARTS) is 1. The van der Waals surface area contributed by atoms with Gasteiger partial charge in [0, 0.05) is 12.3 Å². The molecule has 1 heterocycles. The lowest BCUT2D eigenvalue weighted by Crippen LogP contribution is -2.26. The molecule has 2 rings (SSSR count). The lowest BCUT2D eigenvalue weighted by Gasteiger charge is -2.11. The summed E-state index contributed by atoms with van der Waals surface area (Å²) in [6, 6.07) is 5.39. The normalized spacial score (nSPS) is 10.7. The number of aliphatic carboxylic acids is 1. The molecule has 2 aromatic rings. The van der Waals surface area contributed by atoms with E-state index >= 15 is 0 Å². The lowest BCUT2D eigenvalue weighted by atomic mass is 10.2. The predicted octanol–water partition coefficient (Wildman–Crippen LogP) is 0.733. The van der Waals surface area contributed by atoms with E-state index < -0.39 is 5.97 Å². The first-order chi connectivity index (χ1) is 9.52. The number of thioether (sulfide) groups is 1. The third-order valence-corrected chi connectivity index (χ3v) is 3.66. The maximum atomic E-state index is 12.4. The molecule has 0 saturated heterocycles. The molecular weight excluding hydrogens is 276 g/mol. The van der Waals surface area contributed by atoms with Gasteiger partial charge in [-0.25, -0.2) is 4.98 Å². The molecule has 0 N–H and O–H groups in total. The Morgan fingerprint density at radius 1 is 1.55 bits per heavy atom. The van der Waals surface area contributed by atoms with Crippen molar-refractivity contribution in [3.8, 4) is 0 Å². The van der Waals surface area contributed by atoms with Gasteiger partial charge in [0.2, 0.25) is 0 Å². The molecule has 1 aromatic heterocycles. The van der Waals surface area contributed by atoms with E-state index in [1.54, 1.807) is 18.2 Å². The van der Waals surface area contributed by atoms with E-state index in [-0.39, 0.29) is 17.9 Å². The first kappa shape index (κ1) is 14.3. The summed E-state index contributed by atoms with van der Waals surface area (Å²) in [4.78, 5) is 27.4. The third kappa shape index (κ3) is 2.91. The highest BCUT2D eigenvalue weighted by molar-refractivity contribution is 7.99. The van der Waals surface area contributed by atoms with Crippen molar-refractivity contribution >= 4 is 28.6 Å². The summed E-state index contributed by atoms with van der Waals surface area (Å²) in [7, 11) is 0. The van der Waals surface area contributed by atoms with E-state index in [0.29, 0.717) is 16.1 Å². The second-order valence-corrected chi connectivity index (χ2v) is 5.22. The topological polar surface area (TPSA) is 75.0 Å². The van der Waals surface area contributed by atoms with Crippen LogP contribution in [-0.4, -0.2) is 21.3 Å². The summed E-state index contributed by atoms with van der Waals surface area (Å²) in [5.74, 6) is -1.44. The quantitative estimate of drug-likeness (QED) is 0.461. The van der Waals surface area contributed by atoms with E-state index in [1.165, 1.54) is 4.57 Å². The first-order valence-corrected chi connectivity index (χ1v) is 6.96. The van der Waals surface area contributed by atoms with E-state index in [1.807, 2.05) is 13.0 Å². The smallest absolute Gasteiger partial charge is 0.262 e. The molecule has 0 fully saturated rings. The van der Waals surface area contributed by atoms with Gasteiger partial charge in [-0.1, -0.05) is 29.5 Å². The SMILES string of the molecule is C=CCn1c(SCC(=O)[O-])nc2ccc(C)cc2c1=O. The van der Waals surface area contributed by atoms with Crippen LogP contribution >= 0.6 is 11.8 Å². The van der Waals surface area contributed by atoms with Crippen molar-refractivity contribution in [3.05, 3.63) is 46.8 Å². The van der Waals surface area contributed by atoms with E-state index in [9.17, 15) is 14.7 Å². The summed E-state index contributed by atoms with van der Waals surface area (Å²) >= 11 is 0.970. The molecule has 0 amide bonds. The molecule has 104 valence electrons. The molecule has 5 nitrogen and oxygen atoms in total. The number of fused-ring (bicyclic) bond motifs is 1. The Hall–Kier alpha value is -2.08. The van der Waals surface area contributed by atoms with Gasteiger partial charge in [-0.15, -0.1) is 6.58 Å². The number of nitrogens with zero attached hydrogens (tertiary/aromatic N) is 2. The zero-order chi connectivity index (χ0) is 14.7. The van der Waals surface area contributed by atoms with Gasteiger partial charge in [0.15, 0.2) is 5.16 Å². The van der Waals surface area contributed by atoms with Crippen LogP contribution in [0.15, 0.2) is 40.8 Å². The second-order valence-electron chi connectivity index (χ2n) is 4.28. The number of carboxylic acids is 1. The molecule has 20 heavy (non-hydrogen) atoms. The number of allylic oxidation sites excluding steroid dienone is 1. The molecule has 0 atom stereocenters. The third-order valence-electron chi connectivity index (χ3n) is 2.71. The molecule has 0 aliphatic rings. The molecule has 0 aliphatic heterocycles. The number of hydrogen-bond donors (Lipinski definition) is 0. The van der Waals surface area contributed by atoms with Crippen LogP contribution in [0.1, 0.15) is 5.56 Å². The average Bonchev–Trinajstić information content (AvgIpc) is 2.41. The zero-order valence-corrected chi connectivity index (χ0v) is 11.8. The summed E-state index contributed by atoms with van der Waals surface area (Å²) in [5, 5.41) is 11.4. The van der Waals surface area contributed by atoms with Gasteiger partial charge in [0.1, 0.15) is 0 Å². The van der Waals surface area contributed by atoms with Crippen LogP contribution in [0.4, 0.5) is 0 Å². The lowest BCUT2D eigenvalue weighted by molar-refractivity contribution is -0.301. The maximum absolute atomic E-state index is 12.4. The number of hydrogen-bond acceptors (Lipinski definition) is 5. The fourth-order valence-corrected chi connectivity index (χ4v) is 2.56. The Bertz CT molecular complexity index is 737. The van der Waals surface area contributed by atoms with Gasteiger partial charge >= 0.3 is 0 Å². The van der Waals surface area contributed by atoms with Gasteiger partial charge in [0.05, 0.1) is 16.9 Å². The highest BCUT2D eigenvalue weighted by Crippen LogP contribution is 2.18. The molecule has 0 unspecified atom stereocenters. The minimum absolute atomic E-state index is 0.195. The van der Waals surface area contributed by atoms with Crippen molar-refractivity contribution in [2.45, 2.75) is 18.6 Å². The Morgan fingerprint density at radius 2 is 2.30 bits per heavy atom. The van der Waals surface area contributed by atoms with E-state index in [2.05, 4.69) is 11.6 Å². The van der Waals surface area contributed by atoms with Crippen molar-refractivity contribution in [2.75, 3.05) is 5.75 Å². The van der Waals surface area contributed by atoms with Crippen LogP contribution < -0.4 is 10.7 Å². The van der Waals surface area contributed by atoms with Gasteiger partial charge in [0.25, 0.3) is 5.56 Å². The second kappa shape index (κ2) is 5.92. The predicted molar refractivity (Wildman–Crippen MR) is 76.7 cm³/mol. The number of rotatable bonds is 5. The van der Waals surface area contributed by atoms with Crippen LogP contribution in [-0.2, 0) is 11.3 Å². The molecule has 0 bridgehead atoms. The van der Waals surface area contributed by atoms with E-state index in [0.717, 1.165) is 17.3 Å². The Morgan fingerprint density at radius 3 is 2.95 bits per heavy atom. The Labute approximate surface area is 120 Å². The first-order valence-electron chi connectivity index (χ1n) is 5.97. The Kier molecular flexibility index (Phi) is 4.24. The largest absolute Gasteiger partial charge is 0.549 e. The van der Waals surface area contributed by atoms with Crippen molar-refractivity contribution in [2.24, 2.45) is 0 Å². The van der Waals surface area contributed by atoms with Gasteiger partial charge in [-0.2, -0.15) is 0 Å². The summed E-state index contributed by atoms with van der Waals surface area (Å²) < 4.78 is 1.42. The molecule has 0 radical (unpaired) electrons. The monoisotopic (exact) mass is 289 g/mol. The highest BCUT2D eigenvalue weighted by Gasteiger charge is 2.10. The minimum atomic E-state index is -1.20. The molecule has 1 aromatic carbocycles. The Balaban J connectivity index is 2.63. The maximum Gasteiger partial charge on any atom is 0.262 e. The summed E-state index contributed by atoms with van der Waals surface area (Å²) in [6.45, 7) is 5.79. The van der Waals surface area contributed by atoms with Crippen molar-refractivity contribution in [1.82, 2.24) is 9.55 Å². The molecule has 0 saturated carbocycles. The van der Waals surface area contributed by atoms with Gasteiger partial charge in [-0.05, 0) is 19.1 Å². The number of carbonyl (C=O) groups is 1. The number of aryl methyl sites for hydroxylation is 1. The molecular formula is C14H13N2O3S-. The van der Waals surface area contributed by atoms with Crippen LogP contribution in [0.5, 0.6) is 0 Å².